The molecule has 0 radical (unpaired) electrons. The van der Waals surface area contributed by atoms with Crippen molar-refractivity contribution in [3.63, 3.8) is 0 Å². The maximum atomic E-state index is 14.4. The van der Waals surface area contributed by atoms with Crippen LogP contribution in [-0.4, -0.2) is 23.7 Å². The molecule has 0 bridgehead atoms. The molecule has 0 aliphatic rings. The quantitative estimate of drug-likeness (QED) is 0.224. The monoisotopic (exact) mass is 408 g/mol. The minimum atomic E-state index is -5.67. The van der Waals surface area contributed by atoms with E-state index in [9.17, 15) is 35.1 Å². The summed E-state index contributed by atoms with van der Waals surface area (Å²) in [6.07, 6.45) is -1.02. The smallest absolute Gasteiger partial charge is 0.204 e. The Kier molecular flexibility index (Phi) is 7.88. The molecular weight excluding hydrogens is 387 g/mol. The van der Waals surface area contributed by atoms with E-state index >= 15 is 0 Å². The highest BCUT2D eigenvalue weighted by Crippen LogP contribution is 2.63. The summed E-state index contributed by atoms with van der Waals surface area (Å²) in [5.74, 6) is -13.8. The van der Waals surface area contributed by atoms with Gasteiger partial charge in [0.2, 0.25) is 0 Å². The highest BCUT2D eigenvalue weighted by Gasteiger charge is 2.73. The number of hydrogen-bond donors (Lipinski definition) is 0. The van der Waals surface area contributed by atoms with Crippen LogP contribution in [0.1, 0.15) is 46.0 Å². The van der Waals surface area contributed by atoms with E-state index in [1.165, 1.54) is 0 Å². The predicted molar refractivity (Wildman–Crippen MR) is 87.1 cm³/mol. The molecule has 26 heavy (non-hydrogen) atoms. The fraction of sp³-hybridized carbons (Fsp3) is 0.647. The van der Waals surface area contributed by atoms with Gasteiger partial charge in [0.1, 0.15) is 0 Å². The lowest BCUT2D eigenvalue weighted by atomic mass is 10.0. The molecule has 0 heterocycles. The van der Waals surface area contributed by atoms with E-state index in [0.717, 1.165) is 19.1 Å². The van der Waals surface area contributed by atoms with Crippen LogP contribution in [0, 0.1) is 11.6 Å². The fourth-order valence-corrected chi connectivity index (χ4v) is 4.69. The van der Waals surface area contributed by atoms with Gasteiger partial charge >= 0.3 is 17.5 Å². The molecule has 1 atom stereocenters. The van der Waals surface area contributed by atoms with Crippen LogP contribution in [0.2, 0.25) is 0 Å². The molecule has 0 nitrogen and oxygen atoms in total. The summed E-state index contributed by atoms with van der Waals surface area (Å²) in [5.41, 5.74) is -5.19. The average Bonchev–Trinajstić information content (AvgIpc) is 2.55. The maximum Gasteiger partial charge on any atom is 0.376 e. The number of alkyl halides is 6. The Morgan fingerprint density at radius 3 is 2.04 bits per heavy atom. The molecule has 0 aromatic heterocycles. The van der Waals surface area contributed by atoms with Crippen molar-refractivity contribution in [2.24, 2.45) is 0 Å². The van der Waals surface area contributed by atoms with E-state index in [1.54, 1.807) is 6.92 Å². The van der Waals surface area contributed by atoms with Crippen molar-refractivity contribution in [1.29, 1.82) is 0 Å². The molecule has 0 N–H and O–H groups in total. The van der Waals surface area contributed by atoms with Crippen molar-refractivity contribution < 1.29 is 35.1 Å². The second-order valence-electron chi connectivity index (χ2n) is 5.95. The highest BCUT2D eigenvalue weighted by molar-refractivity contribution is 7.66. The van der Waals surface area contributed by atoms with Crippen LogP contribution in [0.25, 0.3) is 0 Å². The molecule has 0 spiro atoms. The zero-order valence-corrected chi connectivity index (χ0v) is 15.3. The molecule has 9 heteroatoms. The van der Waals surface area contributed by atoms with Gasteiger partial charge in [0.15, 0.2) is 11.6 Å². The van der Waals surface area contributed by atoms with Crippen molar-refractivity contribution in [3.8, 4) is 0 Å². The molecule has 1 unspecified atom stereocenters. The molecule has 1 aromatic carbocycles. The summed E-state index contributed by atoms with van der Waals surface area (Å²) in [5, 5.41) is -0.978. The van der Waals surface area contributed by atoms with Gasteiger partial charge in [-0.05, 0) is 18.6 Å². The number of halogens is 8. The van der Waals surface area contributed by atoms with Gasteiger partial charge in [-0.15, -0.1) is 0 Å². The summed E-state index contributed by atoms with van der Waals surface area (Å²) in [7, 11) is -3.39. The molecule has 1 rings (SSSR count). The van der Waals surface area contributed by atoms with Gasteiger partial charge in [0, 0.05) is 19.6 Å². The Hall–Kier alpha value is -0.910. The number of benzene rings is 1. The molecule has 0 amide bonds. The first-order valence-corrected chi connectivity index (χ1v) is 9.81. The molecule has 150 valence electrons. The van der Waals surface area contributed by atoms with Crippen LogP contribution in [0.15, 0.2) is 18.2 Å². The van der Waals surface area contributed by atoms with Gasteiger partial charge in [0.05, 0.1) is 0 Å². The molecule has 0 fully saturated rings. The molecule has 0 aliphatic carbocycles. The Labute approximate surface area is 148 Å². The van der Waals surface area contributed by atoms with Gasteiger partial charge in [-0.1, -0.05) is 45.2 Å². The van der Waals surface area contributed by atoms with E-state index in [-0.39, 0.29) is 12.8 Å². The molecule has 0 saturated carbocycles. The van der Waals surface area contributed by atoms with Crippen LogP contribution >= 0.6 is 7.92 Å². The Bertz CT molecular complexity index is 588. The van der Waals surface area contributed by atoms with Gasteiger partial charge in [-0.3, -0.25) is 0 Å². The van der Waals surface area contributed by atoms with Crippen molar-refractivity contribution in [2.45, 2.75) is 63.5 Å². The summed E-state index contributed by atoms with van der Waals surface area (Å²) in [6, 6.07) is 2.26. The number of hydrogen-bond acceptors (Lipinski definition) is 0. The van der Waals surface area contributed by atoms with Crippen LogP contribution < -0.4 is 5.30 Å². The normalized spacial score (nSPS) is 14.5. The molecular formula is C17H21F8P. The number of rotatable bonds is 10. The maximum absolute atomic E-state index is 14.4. The molecule has 0 aliphatic heterocycles. The Morgan fingerprint density at radius 2 is 1.50 bits per heavy atom. The van der Waals surface area contributed by atoms with Crippen molar-refractivity contribution >= 4 is 13.2 Å². The van der Waals surface area contributed by atoms with Crippen molar-refractivity contribution in [2.75, 3.05) is 6.16 Å². The Morgan fingerprint density at radius 1 is 0.885 bits per heavy atom. The van der Waals surface area contributed by atoms with E-state index in [0.29, 0.717) is 18.9 Å². The zero-order valence-electron chi connectivity index (χ0n) is 14.4. The van der Waals surface area contributed by atoms with Crippen LogP contribution in [-0.2, 0) is 0 Å². The van der Waals surface area contributed by atoms with Crippen molar-refractivity contribution in [3.05, 3.63) is 29.8 Å². The van der Waals surface area contributed by atoms with E-state index in [4.69, 9.17) is 0 Å². The minimum absolute atomic E-state index is 0.217. The topological polar surface area (TPSA) is 0 Å². The number of unbranched alkanes of at least 4 members (excludes halogenated alkanes) is 3. The summed E-state index contributed by atoms with van der Waals surface area (Å²) in [6.45, 7) is 2.84. The van der Waals surface area contributed by atoms with Crippen molar-refractivity contribution in [1.82, 2.24) is 0 Å². The van der Waals surface area contributed by atoms with Gasteiger partial charge in [-0.2, -0.15) is 26.3 Å². The second-order valence-corrected chi connectivity index (χ2v) is 8.48. The predicted octanol–water partition coefficient (Wildman–Crippen LogP) is 6.93. The van der Waals surface area contributed by atoms with E-state index in [2.05, 4.69) is 0 Å². The first kappa shape index (κ1) is 23.1. The third kappa shape index (κ3) is 4.49. The second kappa shape index (κ2) is 8.85. The van der Waals surface area contributed by atoms with Crippen LogP contribution in [0.3, 0.4) is 0 Å². The lowest BCUT2D eigenvalue weighted by molar-refractivity contribution is -0.280. The van der Waals surface area contributed by atoms with Crippen LogP contribution in [0.4, 0.5) is 35.1 Å². The first-order chi connectivity index (χ1) is 11.9. The first-order valence-electron chi connectivity index (χ1n) is 8.29. The third-order valence-corrected chi connectivity index (χ3v) is 6.58. The van der Waals surface area contributed by atoms with Gasteiger partial charge < -0.3 is 0 Å². The molecule has 1 aromatic rings. The third-order valence-electron chi connectivity index (χ3n) is 4.06. The lowest BCUT2D eigenvalue weighted by Crippen LogP contribution is -2.54. The van der Waals surface area contributed by atoms with Crippen LogP contribution in [0.5, 0.6) is 0 Å². The highest BCUT2D eigenvalue weighted by atomic mass is 31.1. The standard InChI is InChI=1S/C17H21F8P/c1-3-5-6-7-11-15(20,21)16(22,23)17(24,25)26(4-2)13-10-8-9-12(18)14(13)19/h8-10H,3-7,11H2,1-2H3. The summed E-state index contributed by atoms with van der Waals surface area (Å²) < 4.78 is 112. The van der Waals surface area contributed by atoms with E-state index < -0.39 is 55.0 Å². The molecule has 0 saturated heterocycles. The minimum Gasteiger partial charge on any atom is -0.204 e. The van der Waals surface area contributed by atoms with E-state index in [1.807, 2.05) is 0 Å². The fourth-order valence-electron chi connectivity index (χ4n) is 2.54. The van der Waals surface area contributed by atoms with Gasteiger partial charge in [0.25, 0.3) is 0 Å². The SMILES string of the molecule is CCCCCCC(F)(F)C(F)(F)C(F)(F)P(CC)c1cccc(F)c1F. The zero-order chi connectivity index (χ0) is 20.2. The summed E-state index contributed by atoms with van der Waals surface area (Å²) >= 11 is 0. The average molecular weight is 408 g/mol. The summed E-state index contributed by atoms with van der Waals surface area (Å²) in [4.78, 5) is 0. The largest absolute Gasteiger partial charge is 0.376 e. The lowest BCUT2D eigenvalue weighted by Gasteiger charge is -2.37. The van der Waals surface area contributed by atoms with Gasteiger partial charge in [-0.25, -0.2) is 8.78 Å². The Balaban J connectivity index is 3.19.